The van der Waals surface area contributed by atoms with Gasteiger partial charge in [-0.15, -0.1) is 12.3 Å². The maximum absolute atomic E-state index is 5.37. The van der Waals surface area contributed by atoms with E-state index in [4.69, 9.17) is 12.3 Å². The fourth-order valence-corrected chi connectivity index (χ4v) is 1.16. The van der Waals surface area contributed by atoms with E-state index in [0.717, 1.165) is 11.1 Å². The molecule has 0 aliphatic heterocycles. The molecular weight excluding hydrogens is 162 g/mol. The van der Waals surface area contributed by atoms with E-state index in [-0.39, 0.29) is 6.04 Å². The zero-order valence-electron chi connectivity index (χ0n) is 7.62. The van der Waals surface area contributed by atoms with Crippen LogP contribution < -0.4 is 11.3 Å². The molecule has 0 aromatic carbocycles. The van der Waals surface area contributed by atoms with Crippen molar-refractivity contribution in [3.05, 3.63) is 29.6 Å². The number of hydrogen-bond acceptors (Lipinski definition) is 3. The molecule has 68 valence electrons. The van der Waals surface area contributed by atoms with Gasteiger partial charge in [-0.2, -0.15) is 0 Å². The number of nitrogens with two attached hydrogens (primary N) is 1. The first-order chi connectivity index (χ1) is 6.27. The second-order valence-corrected chi connectivity index (χ2v) is 2.92. The van der Waals surface area contributed by atoms with Crippen LogP contribution in [0.4, 0.5) is 0 Å². The van der Waals surface area contributed by atoms with Crippen molar-refractivity contribution in [1.29, 1.82) is 0 Å². The number of nitrogens with zero attached hydrogens (tertiary/aromatic N) is 1. The Morgan fingerprint density at radius 1 is 1.69 bits per heavy atom. The first-order valence-corrected chi connectivity index (χ1v) is 4.09. The van der Waals surface area contributed by atoms with Crippen LogP contribution >= 0.6 is 0 Å². The Morgan fingerprint density at radius 2 is 2.46 bits per heavy atom. The highest BCUT2D eigenvalue weighted by Crippen LogP contribution is 2.14. The summed E-state index contributed by atoms with van der Waals surface area (Å²) in [5.41, 5.74) is 4.80. The third kappa shape index (κ3) is 2.55. The van der Waals surface area contributed by atoms with E-state index in [9.17, 15) is 0 Å². The molecule has 1 atom stereocenters. The molecule has 0 aliphatic carbocycles. The molecule has 0 bridgehead atoms. The summed E-state index contributed by atoms with van der Waals surface area (Å²) in [5, 5.41) is 0. The van der Waals surface area contributed by atoms with Gasteiger partial charge in [0.2, 0.25) is 0 Å². The van der Waals surface area contributed by atoms with Gasteiger partial charge in [0, 0.05) is 18.8 Å². The maximum Gasteiger partial charge on any atom is 0.0584 e. The van der Waals surface area contributed by atoms with Gasteiger partial charge in [-0.25, -0.2) is 0 Å². The second-order valence-electron chi connectivity index (χ2n) is 2.92. The topological polar surface area (TPSA) is 50.9 Å². The fourth-order valence-electron chi connectivity index (χ4n) is 1.16. The lowest BCUT2D eigenvalue weighted by Gasteiger charge is -2.12. The van der Waals surface area contributed by atoms with Gasteiger partial charge < -0.3 is 0 Å². The highest BCUT2D eigenvalue weighted by Gasteiger charge is 2.07. The highest BCUT2D eigenvalue weighted by molar-refractivity contribution is 5.21. The lowest BCUT2D eigenvalue weighted by Crippen LogP contribution is -2.27. The van der Waals surface area contributed by atoms with E-state index < -0.39 is 0 Å². The van der Waals surface area contributed by atoms with Gasteiger partial charge >= 0.3 is 0 Å². The molecule has 1 heterocycles. The number of pyridine rings is 1. The van der Waals surface area contributed by atoms with Crippen molar-refractivity contribution in [3.8, 4) is 12.3 Å². The highest BCUT2D eigenvalue weighted by atomic mass is 15.2. The van der Waals surface area contributed by atoms with Gasteiger partial charge in [0.15, 0.2) is 0 Å². The average Bonchev–Trinajstić information content (AvgIpc) is 2.14. The Bertz CT molecular complexity index is 314. The normalized spacial score (nSPS) is 12.1. The zero-order chi connectivity index (χ0) is 9.68. The molecule has 13 heavy (non-hydrogen) atoms. The van der Waals surface area contributed by atoms with Gasteiger partial charge in [-0.05, 0) is 18.1 Å². The summed E-state index contributed by atoms with van der Waals surface area (Å²) in [7, 11) is 0. The molecule has 3 heteroatoms. The summed E-state index contributed by atoms with van der Waals surface area (Å²) in [6, 6.07) is 2.02. The lowest BCUT2D eigenvalue weighted by molar-refractivity contribution is 0.566. The van der Waals surface area contributed by atoms with E-state index >= 15 is 0 Å². The van der Waals surface area contributed by atoms with Gasteiger partial charge in [0.1, 0.15) is 0 Å². The quantitative estimate of drug-likeness (QED) is 0.408. The van der Waals surface area contributed by atoms with Gasteiger partial charge in [0.05, 0.1) is 6.04 Å². The van der Waals surface area contributed by atoms with Crippen LogP contribution in [0.15, 0.2) is 18.5 Å². The van der Waals surface area contributed by atoms with Crippen LogP contribution in [0.2, 0.25) is 0 Å². The molecule has 0 spiro atoms. The molecule has 0 amide bonds. The van der Waals surface area contributed by atoms with Crippen LogP contribution in [0, 0.1) is 19.3 Å². The molecule has 1 unspecified atom stereocenters. The predicted molar refractivity (Wildman–Crippen MR) is 52.5 cm³/mol. The standard InChI is InChI=1S/C10H13N3/c1-3-4-10(13-11)9-5-8(2)6-12-7-9/h1,5-7,10,13H,4,11H2,2H3. The van der Waals surface area contributed by atoms with Crippen LogP contribution in [0.25, 0.3) is 0 Å². The van der Waals surface area contributed by atoms with Crippen LogP contribution in [-0.2, 0) is 0 Å². The maximum atomic E-state index is 5.37. The molecule has 1 aromatic rings. The van der Waals surface area contributed by atoms with E-state index in [0.29, 0.717) is 6.42 Å². The first kappa shape index (κ1) is 9.72. The van der Waals surface area contributed by atoms with Gasteiger partial charge in [-0.1, -0.05) is 6.07 Å². The zero-order valence-corrected chi connectivity index (χ0v) is 7.62. The van der Waals surface area contributed by atoms with E-state index in [2.05, 4.69) is 16.3 Å². The Kier molecular flexibility index (Phi) is 3.44. The number of hydrazine groups is 1. The molecule has 3 N–H and O–H groups in total. The number of aryl methyl sites for hydroxylation is 1. The summed E-state index contributed by atoms with van der Waals surface area (Å²) >= 11 is 0. The SMILES string of the molecule is C#CCC(NN)c1cncc(C)c1. The van der Waals surface area contributed by atoms with Crippen LogP contribution in [0.5, 0.6) is 0 Å². The second kappa shape index (κ2) is 4.61. The lowest BCUT2D eigenvalue weighted by atomic mass is 10.1. The number of terminal acetylenes is 1. The van der Waals surface area contributed by atoms with Crippen LogP contribution in [0.3, 0.4) is 0 Å². The Labute approximate surface area is 78.3 Å². The van der Waals surface area contributed by atoms with Crippen molar-refractivity contribution in [2.24, 2.45) is 5.84 Å². The smallest absolute Gasteiger partial charge is 0.0584 e. The van der Waals surface area contributed by atoms with E-state index in [1.165, 1.54) is 0 Å². The Morgan fingerprint density at radius 3 is 3.00 bits per heavy atom. The van der Waals surface area contributed by atoms with E-state index in [1.54, 1.807) is 12.4 Å². The van der Waals surface area contributed by atoms with Crippen molar-refractivity contribution >= 4 is 0 Å². The molecular formula is C10H13N3. The van der Waals surface area contributed by atoms with Crippen molar-refractivity contribution in [2.45, 2.75) is 19.4 Å². The minimum absolute atomic E-state index is 0.00241. The first-order valence-electron chi connectivity index (χ1n) is 4.09. The minimum Gasteiger partial charge on any atom is -0.271 e. The molecule has 0 fully saturated rings. The summed E-state index contributed by atoms with van der Waals surface area (Å²) in [6.07, 6.45) is 9.36. The largest absolute Gasteiger partial charge is 0.271 e. The number of rotatable bonds is 3. The third-order valence-electron chi connectivity index (χ3n) is 1.82. The van der Waals surface area contributed by atoms with E-state index in [1.807, 2.05) is 13.0 Å². The monoisotopic (exact) mass is 175 g/mol. The molecule has 0 aliphatic rings. The molecule has 3 nitrogen and oxygen atoms in total. The summed E-state index contributed by atoms with van der Waals surface area (Å²) < 4.78 is 0. The summed E-state index contributed by atoms with van der Waals surface area (Å²) in [4.78, 5) is 4.07. The van der Waals surface area contributed by atoms with Crippen molar-refractivity contribution in [2.75, 3.05) is 0 Å². The Hall–Kier alpha value is -1.37. The molecule has 1 aromatic heterocycles. The van der Waals surface area contributed by atoms with Crippen LogP contribution in [-0.4, -0.2) is 4.98 Å². The van der Waals surface area contributed by atoms with Crippen molar-refractivity contribution < 1.29 is 0 Å². The molecule has 0 radical (unpaired) electrons. The number of nitrogens with one attached hydrogen (secondary N) is 1. The van der Waals surface area contributed by atoms with Crippen molar-refractivity contribution in [3.63, 3.8) is 0 Å². The van der Waals surface area contributed by atoms with Gasteiger partial charge in [-0.3, -0.25) is 16.3 Å². The Balaban J connectivity index is 2.86. The minimum atomic E-state index is -0.00241. The summed E-state index contributed by atoms with van der Waals surface area (Å²) in [6.45, 7) is 1.99. The molecule has 0 saturated carbocycles. The summed E-state index contributed by atoms with van der Waals surface area (Å²) in [5.74, 6) is 7.93. The molecule has 1 rings (SSSR count). The average molecular weight is 175 g/mol. The van der Waals surface area contributed by atoms with Crippen LogP contribution in [0.1, 0.15) is 23.6 Å². The fraction of sp³-hybridized carbons (Fsp3) is 0.300. The predicted octanol–water partition coefficient (Wildman–Crippen LogP) is 0.918. The third-order valence-corrected chi connectivity index (χ3v) is 1.82. The molecule has 0 saturated heterocycles. The van der Waals surface area contributed by atoms with Gasteiger partial charge in [0.25, 0.3) is 0 Å². The number of aromatic nitrogens is 1. The number of hydrogen-bond donors (Lipinski definition) is 2. The van der Waals surface area contributed by atoms with Crippen molar-refractivity contribution in [1.82, 2.24) is 10.4 Å².